The highest BCUT2D eigenvalue weighted by Gasteiger charge is 2.13. The first-order valence-corrected chi connectivity index (χ1v) is 7.72. The monoisotopic (exact) mass is 328 g/mol. The normalized spacial score (nSPS) is 12.3. The molecular formula is C19H19FNO3+. The molecule has 0 amide bonds. The molecule has 0 aliphatic heterocycles. The van der Waals surface area contributed by atoms with Crippen LogP contribution in [-0.4, -0.2) is 14.2 Å². The smallest absolute Gasteiger partial charge is 0.336 e. The van der Waals surface area contributed by atoms with E-state index in [2.05, 4.69) is 0 Å². The highest BCUT2D eigenvalue weighted by Crippen LogP contribution is 2.22. The van der Waals surface area contributed by atoms with E-state index in [0.29, 0.717) is 30.0 Å². The highest BCUT2D eigenvalue weighted by molar-refractivity contribution is 5.81. The van der Waals surface area contributed by atoms with Crippen molar-refractivity contribution in [2.24, 2.45) is 0 Å². The molecule has 0 aliphatic carbocycles. The number of fused-ring (bicyclic) bond motifs is 1. The zero-order valence-corrected chi connectivity index (χ0v) is 13.6. The lowest BCUT2D eigenvalue weighted by molar-refractivity contribution is -0.907. The average molecular weight is 328 g/mol. The van der Waals surface area contributed by atoms with E-state index in [1.165, 1.54) is 12.1 Å². The Bertz CT molecular complexity index is 920. The van der Waals surface area contributed by atoms with Gasteiger partial charge in [-0.1, -0.05) is 18.2 Å². The Morgan fingerprint density at radius 3 is 2.58 bits per heavy atom. The van der Waals surface area contributed by atoms with Gasteiger partial charge in [-0.15, -0.1) is 0 Å². The Morgan fingerprint density at radius 2 is 1.83 bits per heavy atom. The van der Waals surface area contributed by atoms with E-state index in [0.717, 1.165) is 15.8 Å². The Labute approximate surface area is 139 Å². The van der Waals surface area contributed by atoms with Crippen LogP contribution in [0.15, 0.2) is 57.7 Å². The van der Waals surface area contributed by atoms with Crippen LogP contribution in [0.4, 0.5) is 4.39 Å². The minimum atomic E-state index is -0.399. The number of hydrogen-bond acceptors (Lipinski definition) is 3. The maximum Gasteiger partial charge on any atom is 0.336 e. The van der Waals surface area contributed by atoms with Gasteiger partial charge in [-0.05, 0) is 18.2 Å². The minimum Gasteiger partial charge on any atom is -0.497 e. The second-order valence-corrected chi connectivity index (χ2v) is 5.85. The van der Waals surface area contributed by atoms with Crippen LogP contribution in [0.1, 0.15) is 11.1 Å². The number of quaternary nitrogens is 1. The van der Waals surface area contributed by atoms with E-state index in [9.17, 15) is 9.18 Å². The van der Waals surface area contributed by atoms with E-state index in [4.69, 9.17) is 9.15 Å². The Morgan fingerprint density at radius 1 is 1.08 bits per heavy atom. The molecule has 1 aromatic heterocycles. The van der Waals surface area contributed by atoms with E-state index in [-0.39, 0.29) is 5.82 Å². The van der Waals surface area contributed by atoms with E-state index in [1.54, 1.807) is 25.3 Å². The first kappa shape index (κ1) is 16.2. The fraction of sp³-hybridized carbons (Fsp3) is 0.211. The predicted octanol–water partition coefficient (Wildman–Crippen LogP) is 2.16. The van der Waals surface area contributed by atoms with Crippen molar-refractivity contribution in [3.05, 3.63) is 75.9 Å². The lowest BCUT2D eigenvalue weighted by Crippen LogP contribution is -3.06. The summed E-state index contributed by atoms with van der Waals surface area (Å²) in [5, 5.41) is 0.864. The zero-order valence-electron chi connectivity index (χ0n) is 13.6. The van der Waals surface area contributed by atoms with Crippen molar-refractivity contribution in [3.8, 4) is 5.75 Å². The van der Waals surface area contributed by atoms with Crippen molar-refractivity contribution in [2.45, 2.75) is 13.1 Å². The third-order valence-electron chi connectivity index (χ3n) is 3.98. The van der Waals surface area contributed by atoms with E-state index >= 15 is 0 Å². The largest absolute Gasteiger partial charge is 0.497 e. The van der Waals surface area contributed by atoms with Crippen LogP contribution in [0, 0.1) is 5.82 Å². The summed E-state index contributed by atoms with van der Waals surface area (Å²) >= 11 is 0. The van der Waals surface area contributed by atoms with Crippen molar-refractivity contribution in [1.29, 1.82) is 0 Å². The fourth-order valence-corrected chi connectivity index (χ4v) is 2.84. The molecule has 2 aromatic carbocycles. The lowest BCUT2D eigenvalue weighted by atomic mass is 10.1. The average Bonchev–Trinajstić information content (AvgIpc) is 2.56. The summed E-state index contributed by atoms with van der Waals surface area (Å²) < 4.78 is 24.2. The first-order valence-electron chi connectivity index (χ1n) is 7.72. The number of halogens is 1. The second kappa shape index (κ2) is 6.84. The number of rotatable bonds is 5. The van der Waals surface area contributed by atoms with Crippen LogP contribution in [0.25, 0.3) is 11.0 Å². The first-order chi connectivity index (χ1) is 11.6. The Hall–Kier alpha value is -2.66. The highest BCUT2D eigenvalue weighted by atomic mass is 19.1. The molecule has 3 aromatic rings. The number of hydrogen-bond donors (Lipinski definition) is 1. The van der Waals surface area contributed by atoms with Gasteiger partial charge in [0.25, 0.3) is 0 Å². The van der Waals surface area contributed by atoms with Gasteiger partial charge < -0.3 is 14.1 Å². The molecule has 24 heavy (non-hydrogen) atoms. The van der Waals surface area contributed by atoms with Crippen molar-refractivity contribution in [1.82, 2.24) is 0 Å². The van der Waals surface area contributed by atoms with Crippen molar-refractivity contribution >= 4 is 11.0 Å². The van der Waals surface area contributed by atoms with Crippen molar-refractivity contribution in [2.75, 3.05) is 14.2 Å². The second-order valence-electron chi connectivity index (χ2n) is 5.85. The Kier molecular flexibility index (Phi) is 4.62. The number of nitrogens with one attached hydrogen (secondary N) is 1. The zero-order chi connectivity index (χ0) is 17.1. The van der Waals surface area contributed by atoms with Gasteiger partial charge in [0.1, 0.15) is 30.2 Å². The molecule has 0 spiro atoms. The van der Waals surface area contributed by atoms with Gasteiger partial charge in [0.2, 0.25) is 0 Å². The van der Waals surface area contributed by atoms with Crippen LogP contribution < -0.4 is 15.3 Å². The summed E-state index contributed by atoms with van der Waals surface area (Å²) in [6.07, 6.45) is 0. The third-order valence-corrected chi connectivity index (χ3v) is 3.98. The van der Waals surface area contributed by atoms with Gasteiger partial charge in [0.05, 0.1) is 14.2 Å². The maximum atomic E-state index is 13.8. The molecule has 1 heterocycles. The van der Waals surface area contributed by atoms with Crippen LogP contribution in [0.2, 0.25) is 0 Å². The number of methoxy groups -OCH3 is 1. The van der Waals surface area contributed by atoms with Crippen LogP contribution >= 0.6 is 0 Å². The maximum absolute atomic E-state index is 13.8. The molecule has 0 radical (unpaired) electrons. The third kappa shape index (κ3) is 3.46. The molecule has 0 fully saturated rings. The molecule has 124 valence electrons. The Balaban J connectivity index is 1.89. The van der Waals surface area contributed by atoms with Crippen LogP contribution in [0.5, 0.6) is 5.75 Å². The van der Waals surface area contributed by atoms with Crippen molar-refractivity contribution in [3.63, 3.8) is 0 Å². The van der Waals surface area contributed by atoms with Gasteiger partial charge >= 0.3 is 5.63 Å². The molecule has 5 heteroatoms. The molecule has 1 unspecified atom stereocenters. The van der Waals surface area contributed by atoms with Gasteiger partial charge in [-0.25, -0.2) is 9.18 Å². The summed E-state index contributed by atoms with van der Waals surface area (Å²) in [5.41, 5.74) is 1.63. The fourth-order valence-electron chi connectivity index (χ4n) is 2.84. The quantitative estimate of drug-likeness (QED) is 0.730. The molecule has 4 nitrogen and oxygen atoms in total. The summed E-state index contributed by atoms with van der Waals surface area (Å²) in [5.74, 6) is 0.425. The SMILES string of the molecule is COc1ccc2c(C[NH+](C)Cc3ccccc3F)cc(=O)oc2c1. The molecule has 0 aliphatic rings. The topological polar surface area (TPSA) is 43.9 Å². The molecule has 0 bridgehead atoms. The van der Waals surface area contributed by atoms with Crippen molar-refractivity contribution < 1.29 is 18.4 Å². The number of ether oxygens (including phenoxy) is 1. The summed E-state index contributed by atoms with van der Waals surface area (Å²) in [6.45, 7) is 1.12. The van der Waals surface area contributed by atoms with Gasteiger partial charge in [0, 0.05) is 28.6 Å². The van der Waals surface area contributed by atoms with E-state index in [1.807, 2.05) is 25.2 Å². The molecule has 1 N–H and O–H groups in total. The molecule has 3 rings (SSSR count). The summed E-state index contributed by atoms with van der Waals surface area (Å²) in [7, 11) is 3.53. The molecule has 1 atom stereocenters. The number of benzene rings is 2. The molecule has 0 saturated heterocycles. The van der Waals surface area contributed by atoms with Gasteiger partial charge in [0.15, 0.2) is 0 Å². The minimum absolute atomic E-state index is 0.209. The van der Waals surface area contributed by atoms with Gasteiger partial charge in [-0.2, -0.15) is 0 Å². The van der Waals surface area contributed by atoms with E-state index < -0.39 is 5.63 Å². The lowest BCUT2D eigenvalue weighted by Gasteiger charge is -2.15. The van der Waals surface area contributed by atoms with Gasteiger partial charge in [-0.3, -0.25) is 0 Å². The van der Waals surface area contributed by atoms with Crippen LogP contribution in [-0.2, 0) is 13.1 Å². The summed E-state index contributed by atoms with van der Waals surface area (Å²) in [6, 6.07) is 13.7. The molecule has 0 saturated carbocycles. The predicted molar refractivity (Wildman–Crippen MR) is 89.7 cm³/mol. The van der Waals surface area contributed by atoms with Crippen LogP contribution in [0.3, 0.4) is 0 Å². The standard InChI is InChI=1S/C19H18FNO3/c1-21(11-13-5-3-4-6-17(13)20)12-14-9-19(22)24-18-10-15(23-2)7-8-16(14)18/h3-10H,11-12H2,1-2H3/p+1. The summed E-state index contributed by atoms with van der Waals surface area (Å²) in [4.78, 5) is 12.9. The molecular weight excluding hydrogens is 309 g/mol.